The normalized spacial score (nSPS) is 26.2. The van der Waals surface area contributed by atoms with E-state index in [1.165, 1.54) is 38.3 Å². The van der Waals surface area contributed by atoms with Gasteiger partial charge in [0.15, 0.2) is 5.96 Å². The van der Waals surface area contributed by atoms with Crippen molar-refractivity contribution in [2.24, 2.45) is 4.99 Å². The van der Waals surface area contributed by atoms with E-state index in [1.807, 2.05) is 19.2 Å². The minimum atomic E-state index is 0.592. The summed E-state index contributed by atoms with van der Waals surface area (Å²) in [5.41, 5.74) is 1.24. The highest BCUT2D eigenvalue weighted by Crippen LogP contribution is 2.14. The number of hydrogen-bond donors (Lipinski definition) is 2. The molecule has 0 amide bonds. The molecule has 0 saturated carbocycles. The molecule has 3 aliphatic rings. The lowest BCUT2D eigenvalue weighted by atomic mass is 10.1. The van der Waals surface area contributed by atoms with Crippen LogP contribution >= 0.6 is 0 Å². The first-order chi connectivity index (χ1) is 11.7. The van der Waals surface area contributed by atoms with E-state index in [9.17, 15) is 0 Å². The Morgan fingerprint density at radius 2 is 1.92 bits per heavy atom. The molecule has 3 fully saturated rings. The van der Waals surface area contributed by atoms with Gasteiger partial charge < -0.3 is 15.4 Å². The molecular formula is C18H29N5O. The number of benzene rings is 1. The van der Waals surface area contributed by atoms with Crippen molar-refractivity contribution in [3.63, 3.8) is 0 Å². The standard InChI is InChI=1S/C18H29N5O/c1-15-3-5-17(6-4-15)24-12-7-20-18(19-2)21-13-16-14-22-8-10-23(16)11-9-22/h3-6,16H,7-14H2,1-2H3,(H2,19,20,21). The first-order valence-electron chi connectivity index (χ1n) is 8.85. The van der Waals surface area contributed by atoms with E-state index in [0.29, 0.717) is 12.6 Å². The third-order valence-electron chi connectivity index (χ3n) is 4.81. The second-order valence-electron chi connectivity index (χ2n) is 6.53. The number of guanidine groups is 1. The fraction of sp³-hybridized carbons (Fsp3) is 0.611. The van der Waals surface area contributed by atoms with Gasteiger partial charge in [0.05, 0.1) is 6.54 Å². The van der Waals surface area contributed by atoms with E-state index in [2.05, 4.69) is 44.5 Å². The minimum Gasteiger partial charge on any atom is -0.492 e. The van der Waals surface area contributed by atoms with Crippen molar-refractivity contribution >= 4 is 5.96 Å². The number of piperazine rings is 3. The predicted octanol–water partition coefficient (Wildman–Crippen LogP) is 0.539. The molecule has 1 unspecified atom stereocenters. The molecule has 132 valence electrons. The van der Waals surface area contributed by atoms with Crippen LogP contribution in [0.5, 0.6) is 5.75 Å². The number of nitrogens with zero attached hydrogens (tertiary/aromatic N) is 3. The van der Waals surface area contributed by atoms with Crippen molar-refractivity contribution in [3.05, 3.63) is 29.8 Å². The molecule has 0 aromatic heterocycles. The summed E-state index contributed by atoms with van der Waals surface area (Å²) in [6.07, 6.45) is 0. The van der Waals surface area contributed by atoms with Crippen LogP contribution in [0.25, 0.3) is 0 Å². The van der Waals surface area contributed by atoms with E-state index in [1.54, 1.807) is 0 Å². The minimum absolute atomic E-state index is 0.592. The van der Waals surface area contributed by atoms with Gasteiger partial charge in [-0.3, -0.25) is 14.8 Å². The Bertz CT molecular complexity index is 537. The Balaban J connectivity index is 1.34. The molecule has 1 atom stereocenters. The van der Waals surface area contributed by atoms with Crippen LogP contribution in [-0.4, -0.2) is 81.3 Å². The maximum absolute atomic E-state index is 5.73. The van der Waals surface area contributed by atoms with E-state index in [-0.39, 0.29) is 0 Å². The maximum atomic E-state index is 5.73. The van der Waals surface area contributed by atoms with Gasteiger partial charge in [-0.1, -0.05) is 17.7 Å². The number of hydrogen-bond acceptors (Lipinski definition) is 4. The fourth-order valence-corrected chi connectivity index (χ4v) is 3.33. The molecule has 2 N–H and O–H groups in total. The molecule has 3 heterocycles. The van der Waals surface area contributed by atoms with Crippen LogP contribution in [0.2, 0.25) is 0 Å². The Morgan fingerprint density at radius 1 is 1.17 bits per heavy atom. The highest BCUT2D eigenvalue weighted by molar-refractivity contribution is 5.79. The monoisotopic (exact) mass is 331 g/mol. The zero-order chi connectivity index (χ0) is 16.8. The number of nitrogens with one attached hydrogen (secondary N) is 2. The summed E-state index contributed by atoms with van der Waals surface area (Å²) in [5, 5.41) is 6.76. The molecule has 1 aromatic rings. The fourth-order valence-electron chi connectivity index (χ4n) is 3.33. The predicted molar refractivity (Wildman–Crippen MR) is 97.8 cm³/mol. The van der Waals surface area contributed by atoms with Crippen molar-refractivity contribution in [2.45, 2.75) is 13.0 Å². The summed E-state index contributed by atoms with van der Waals surface area (Å²) in [6, 6.07) is 8.72. The Labute approximate surface area is 144 Å². The summed E-state index contributed by atoms with van der Waals surface area (Å²) in [4.78, 5) is 9.44. The Kier molecular flexibility index (Phi) is 5.93. The summed E-state index contributed by atoms with van der Waals surface area (Å²) >= 11 is 0. The second kappa shape index (κ2) is 8.35. The summed E-state index contributed by atoms with van der Waals surface area (Å²) in [7, 11) is 1.81. The van der Waals surface area contributed by atoms with Gasteiger partial charge in [-0.25, -0.2) is 0 Å². The molecule has 1 aromatic carbocycles. The molecule has 3 saturated heterocycles. The topological polar surface area (TPSA) is 52.1 Å². The Morgan fingerprint density at radius 3 is 2.54 bits per heavy atom. The number of rotatable bonds is 6. The molecule has 4 rings (SSSR count). The van der Waals surface area contributed by atoms with Gasteiger partial charge >= 0.3 is 0 Å². The molecule has 24 heavy (non-hydrogen) atoms. The summed E-state index contributed by atoms with van der Waals surface area (Å²) < 4.78 is 5.73. The van der Waals surface area contributed by atoms with Crippen LogP contribution in [0.1, 0.15) is 5.56 Å². The van der Waals surface area contributed by atoms with Crippen molar-refractivity contribution in [2.75, 3.05) is 59.5 Å². The van der Waals surface area contributed by atoms with Crippen LogP contribution in [0.3, 0.4) is 0 Å². The smallest absolute Gasteiger partial charge is 0.191 e. The van der Waals surface area contributed by atoms with E-state index in [0.717, 1.165) is 24.8 Å². The molecule has 6 heteroatoms. The van der Waals surface area contributed by atoms with Crippen LogP contribution < -0.4 is 15.4 Å². The van der Waals surface area contributed by atoms with Crippen molar-refractivity contribution in [3.8, 4) is 5.75 Å². The highest BCUT2D eigenvalue weighted by Gasteiger charge is 2.31. The van der Waals surface area contributed by atoms with Gasteiger partial charge in [-0.15, -0.1) is 0 Å². The van der Waals surface area contributed by atoms with Gasteiger partial charge in [0.2, 0.25) is 0 Å². The first kappa shape index (κ1) is 17.0. The molecule has 6 nitrogen and oxygen atoms in total. The van der Waals surface area contributed by atoms with Gasteiger partial charge in [-0.05, 0) is 19.1 Å². The summed E-state index contributed by atoms with van der Waals surface area (Å²) in [6.45, 7) is 10.4. The lowest BCUT2D eigenvalue weighted by Gasteiger charge is -2.47. The van der Waals surface area contributed by atoms with E-state index >= 15 is 0 Å². The van der Waals surface area contributed by atoms with Crippen LogP contribution in [0.4, 0.5) is 0 Å². The number of fused-ring (bicyclic) bond motifs is 3. The van der Waals surface area contributed by atoms with E-state index < -0.39 is 0 Å². The van der Waals surface area contributed by atoms with Crippen molar-refractivity contribution in [1.82, 2.24) is 20.4 Å². The number of ether oxygens (including phenoxy) is 1. The number of aliphatic imine (C=N–C) groups is 1. The van der Waals surface area contributed by atoms with Crippen molar-refractivity contribution < 1.29 is 4.74 Å². The van der Waals surface area contributed by atoms with Crippen LogP contribution in [0, 0.1) is 6.92 Å². The van der Waals surface area contributed by atoms with Gasteiger partial charge in [0.25, 0.3) is 0 Å². The Hall–Kier alpha value is -1.79. The quantitative estimate of drug-likeness (QED) is 0.453. The molecule has 3 aliphatic heterocycles. The molecule has 0 radical (unpaired) electrons. The van der Waals surface area contributed by atoms with Gasteiger partial charge in [0.1, 0.15) is 12.4 Å². The average Bonchev–Trinajstić information content (AvgIpc) is 2.63. The second-order valence-corrected chi connectivity index (χ2v) is 6.53. The first-order valence-corrected chi connectivity index (χ1v) is 8.85. The van der Waals surface area contributed by atoms with Gasteiger partial charge in [0, 0.05) is 52.4 Å². The van der Waals surface area contributed by atoms with Crippen molar-refractivity contribution in [1.29, 1.82) is 0 Å². The van der Waals surface area contributed by atoms with Crippen LogP contribution in [-0.2, 0) is 0 Å². The van der Waals surface area contributed by atoms with E-state index in [4.69, 9.17) is 4.74 Å². The lowest BCUT2D eigenvalue weighted by molar-refractivity contribution is 0.0154. The number of aryl methyl sites for hydroxylation is 1. The molecule has 0 spiro atoms. The van der Waals surface area contributed by atoms with Crippen LogP contribution in [0.15, 0.2) is 29.3 Å². The lowest BCUT2D eigenvalue weighted by Crippen LogP contribution is -2.63. The third-order valence-corrected chi connectivity index (χ3v) is 4.81. The zero-order valence-corrected chi connectivity index (χ0v) is 14.8. The molecule has 0 aliphatic carbocycles. The summed E-state index contributed by atoms with van der Waals surface area (Å²) in [5.74, 6) is 1.76. The molecular weight excluding hydrogens is 302 g/mol. The van der Waals surface area contributed by atoms with Gasteiger partial charge in [-0.2, -0.15) is 0 Å². The average molecular weight is 331 g/mol. The highest BCUT2D eigenvalue weighted by atomic mass is 16.5. The molecule has 2 bridgehead atoms. The SMILES string of the molecule is CN=C(NCCOc1ccc(C)cc1)NCC1CN2CCN1CC2. The maximum Gasteiger partial charge on any atom is 0.191 e. The third kappa shape index (κ3) is 4.61. The largest absolute Gasteiger partial charge is 0.492 e. The zero-order valence-electron chi connectivity index (χ0n) is 14.8.